The number of amides is 1. The Hall–Kier alpha value is -3.06. The second-order valence-corrected chi connectivity index (χ2v) is 9.06. The van der Waals surface area contributed by atoms with Crippen molar-refractivity contribution in [1.29, 1.82) is 0 Å². The van der Waals surface area contributed by atoms with Gasteiger partial charge in [0.1, 0.15) is 5.82 Å². The van der Waals surface area contributed by atoms with Crippen LogP contribution in [0.4, 0.5) is 4.39 Å². The summed E-state index contributed by atoms with van der Waals surface area (Å²) in [6.07, 6.45) is 1.99. The minimum atomic E-state index is -1.03. The molecule has 0 saturated heterocycles. The number of fused-ring (bicyclic) bond motifs is 1. The van der Waals surface area contributed by atoms with Gasteiger partial charge < -0.3 is 14.4 Å². The summed E-state index contributed by atoms with van der Waals surface area (Å²) in [5.74, 6) is 0.633. The molecule has 1 amide bonds. The molecule has 5 rings (SSSR count). The molecule has 1 N–H and O–H groups in total. The first-order chi connectivity index (χ1) is 14.7. The van der Waals surface area contributed by atoms with E-state index >= 15 is 0 Å². The van der Waals surface area contributed by atoms with Crippen LogP contribution in [0, 0.1) is 18.7 Å². The summed E-state index contributed by atoms with van der Waals surface area (Å²) in [6, 6.07) is 9.85. The number of carbonyl (C=O) groups excluding carboxylic acids is 1. The average Bonchev–Trinajstić information content (AvgIpc) is 3.35. The summed E-state index contributed by atoms with van der Waals surface area (Å²) >= 11 is 0. The minimum Gasteiger partial charge on any atom is -0.421 e. The molecule has 3 aromatic rings. The van der Waals surface area contributed by atoms with Crippen LogP contribution in [0.15, 0.2) is 40.8 Å². The SMILES string of the molecule is Cc1nnc(-c2ccc(-c3cc(F)cc4c3C(=O)N([C@H](C3CC3)C(C)(C)O)C4)cc2)o1. The van der Waals surface area contributed by atoms with Crippen LogP contribution in [0.5, 0.6) is 0 Å². The number of aromatic nitrogens is 2. The van der Waals surface area contributed by atoms with Gasteiger partial charge in [-0.05, 0) is 73.6 Å². The maximum absolute atomic E-state index is 14.5. The summed E-state index contributed by atoms with van der Waals surface area (Å²) < 4.78 is 20.0. The fourth-order valence-corrected chi connectivity index (χ4v) is 4.72. The van der Waals surface area contributed by atoms with E-state index in [1.165, 1.54) is 12.1 Å². The molecule has 1 aromatic heterocycles. The lowest BCUT2D eigenvalue weighted by Crippen LogP contribution is -2.51. The quantitative estimate of drug-likeness (QED) is 0.662. The van der Waals surface area contributed by atoms with Crippen LogP contribution < -0.4 is 0 Å². The molecule has 2 aliphatic rings. The molecule has 0 radical (unpaired) electrons. The molecule has 2 heterocycles. The number of nitrogens with zero attached hydrogens (tertiary/aromatic N) is 3. The van der Waals surface area contributed by atoms with Crippen LogP contribution >= 0.6 is 0 Å². The maximum Gasteiger partial charge on any atom is 0.255 e. The lowest BCUT2D eigenvalue weighted by atomic mass is 9.92. The molecule has 0 spiro atoms. The van der Waals surface area contributed by atoms with E-state index in [2.05, 4.69) is 10.2 Å². The number of aryl methyl sites for hydroxylation is 1. The molecule has 31 heavy (non-hydrogen) atoms. The summed E-state index contributed by atoms with van der Waals surface area (Å²) in [5.41, 5.74) is 2.19. The highest BCUT2D eigenvalue weighted by atomic mass is 19.1. The Labute approximate surface area is 179 Å². The first-order valence-electron chi connectivity index (χ1n) is 10.5. The number of rotatable bonds is 5. The molecular weight excluding hydrogens is 397 g/mol. The van der Waals surface area contributed by atoms with Gasteiger partial charge in [-0.15, -0.1) is 10.2 Å². The van der Waals surface area contributed by atoms with Crippen molar-refractivity contribution in [1.82, 2.24) is 15.1 Å². The van der Waals surface area contributed by atoms with Gasteiger partial charge >= 0.3 is 0 Å². The van der Waals surface area contributed by atoms with Crippen molar-refractivity contribution in [2.24, 2.45) is 5.92 Å². The summed E-state index contributed by atoms with van der Waals surface area (Å²) in [6.45, 7) is 5.52. The molecule has 1 aliphatic heterocycles. The van der Waals surface area contributed by atoms with E-state index in [4.69, 9.17) is 4.42 Å². The predicted octanol–water partition coefficient (Wildman–Crippen LogP) is 4.36. The predicted molar refractivity (Wildman–Crippen MR) is 113 cm³/mol. The fourth-order valence-electron chi connectivity index (χ4n) is 4.72. The zero-order valence-corrected chi connectivity index (χ0v) is 17.7. The first kappa shape index (κ1) is 19.9. The van der Waals surface area contributed by atoms with Crippen LogP contribution in [0.1, 0.15) is 48.5 Å². The third-order valence-electron chi connectivity index (χ3n) is 6.10. The average molecular weight is 421 g/mol. The number of carbonyl (C=O) groups is 1. The highest BCUT2D eigenvalue weighted by Gasteiger charge is 2.48. The lowest BCUT2D eigenvalue weighted by molar-refractivity contribution is -0.0224. The molecule has 0 bridgehead atoms. The van der Waals surface area contributed by atoms with Crippen LogP contribution in [0.3, 0.4) is 0 Å². The first-order valence-corrected chi connectivity index (χ1v) is 10.5. The van der Waals surface area contributed by atoms with E-state index in [-0.39, 0.29) is 23.7 Å². The van der Waals surface area contributed by atoms with Crippen LogP contribution in [0.2, 0.25) is 0 Å². The van der Waals surface area contributed by atoms with Gasteiger partial charge in [0.15, 0.2) is 0 Å². The molecule has 1 saturated carbocycles. The van der Waals surface area contributed by atoms with E-state index in [0.29, 0.717) is 35.0 Å². The normalized spacial score (nSPS) is 17.2. The molecule has 1 fully saturated rings. The molecule has 0 unspecified atom stereocenters. The van der Waals surface area contributed by atoms with Crippen molar-refractivity contribution in [2.75, 3.05) is 0 Å². The Bertz CT molecular complexity index is 1160. The van der Waals surface area contributed by atoms with Crippen molar-refractivity contribution in [2.45, 2.75) is 51.8 Å². The molecule has 1 aliphatic carbocycles. The monoisotopic (exact) mass is 421 g/mol. The minimum absolute atomic E-state index is 0.152. The molecule has 2 aromatic carbocycles. The van der Waals surface area contributed by atoms with Crippen molar-refractivity contribution >= 4 is 5.91 Å². The summed E-state index contributed by atoms with van der Waals surface area (Å²) in [7, 11) is 0. The van der Waals surface area contributed by atoms with Gasteiger partial charge in [-0.2, -0.15) is 0 Å². The molecule has 7 heteroatoms. The molecule has 160 valence electrons. The standard InChI is InChI=1S/C24H24FN3O3/c1-13-26-27-22(31-13)16-8-4-14(5-9-16)19-11-18(25)10-17-12-28(23(29)20(17)19)21(15-6-7-15)24(2,3)30/h4-5,8-11,15,21,30H,6-7,12H2,1-3H3/t21-/m1/s1. The summed E-state index contributed by atoms with van der Waals surface area (Å²) in [4.78, 5) is 15.2. The Balaban J connectivity index is 1.53. The van der Waals surface area contributed by atoms with Gasteiger partial charge in [-0.25, -0.2) is 4.39 Å². The van der Waals surface area contributed by atoms with Crippen LogP contribution in [-0.4, -0.2) is 37.8 Å². The Kier molecular flexibility index (Phi) is 4.48. The van der Waals surface area contributed by atoms with Gasteiger partial charge in [0.2, 0.25) is 11.8 Å². The van der Waals surface area contributed by atoms with Gasteiger partial charge in [0.25, 0.3) is 5.91 Å². The van der Waals surface area contributed by atoms with Crippen LogP contribution in [-0.2, 0) is 6.54 Å². The number of hydrogen-bond donors (Lipinski definition) is 1. The highest BCUT2D eigenvalue weighted by molar-refractivity contribution is 6.05. The maximum atomic E-state index is 14.5. The van der Waals surface area contributed by atoms with E-state index < -0.39 is 5.60 Å². The Morgan fingerprint density at radius 3 is 2.42 bits per heavy atom. The zero-order chi connectivity index (χ0) is 21.9. The van der Waals surface area contributed by atoms with Crippen molar-refractivity contribution in [3.63, 3.8) is 0 Å². The topological polar surface area (TPSA) is 79.5 Å². The Morgan fingerprint density at radius 1 is 1.16 bits per heavy atom. The molecular formula is C24H24FN3O3. The second kappa shape index (κ2) is 6.99. The molecule has 6 nitrogen and oxygen atoms in total. The van der Waals surface area contributed by atoms with Crippen molar-refractivity contribution in [3.8, 4) is 22.6 Å². The Morgan fingerprint density at radius 2 is 1.84 bits per heavy atom. The second-order valence-electron chi connectivity index (χ2n) is 9.06. The van der Waals surface area contributed by atoms with Gasteiger partial charge in [0, 0.05) is 19.0 Å². The number of hydrogen-bond acceptors (Lipinski definition) is 5. The van der Waals surface area contributed by atoms with Gasteiger partial charge in [-0.1, -0.05) is 12.1 Å². The number of aliphatic hydroxyl groups is 1. The van der Waals surface area contributed by atoms with E-state index in [1.54, 1.807) is 25.7 Å². The third kappa shape index (κ3) is 3.53. The summed E-state index contributed by atoms with van der Waals surface area (Å²) in [5, 5.41) is 18.6. The van der Waals surface area contributed by atoms with E-state index in [9.17, 15) is 14.3 Å². The highest BCUT2D eigenvalue weighted by Crippen LogP contribution is 2.44. The third-order valence-corrected chi connectivity index (χ3v) is 6.10. The zero-order valence-electron chi connectivity index (χ0n) is 17.7. The van der Waals surface area contributed by atoms with E-state index in [1.807, 2.05) is 24.3 Å². The van der Waals surface area contributed by atoms with Crippen molar-refractivity contribution < 1.29 is 18.7 Å². The number of benzene rings is 2. The van der Waals surface area contributed by atoms with Gasteiger partial charge in [0.05, 0.1) is 17.2 Å². The largest absolute Gasteiger partial charge is 0.421 e. The number of halogens is 1. The molecule has 1 atom stereocenters. The van der Waals surface area contributed by atoms with Crippen molar-refractivity contribution in [3.05, 3.63) is 59.2 Å². The fraction of sp³-hybridized carbons (Fsp3) is 0.375. The van der Waals surface area contributed by atoms with Gasteiger partial charge in [-0.3, -0.25) is 4.79 Å². The van der Waals surface area contributed by atoms with Crippen LogP contribution in [0.25, 0.3) is 22.6 Å². The smallest absolute Gasteiger partial charge is 0.255 e. The lowest BCUT2D eigenvalue weighted by Gasteiger charge is -2.37. The van der Waals surface area contributed by atoms with E-state index in [0.717, 1.165) is 24.0 Å².